The second-order valence-corrected chi connectivity index (χ2v) is 8.46. The van der Waals surface area contributed by atoms with Crippen molar-refractivity contribution >= 4 is 16.0 Å². The van der Waals surface area contributed by atoms with E-state index in [2.05, 4.69) is 39.4 Å². The number of aromatic nitrogens is 1. The normalized spacial score (nSPS) is 12.4. The van der Waals surface area contributed by atoms with Gasteiger partial charge in [-0.15, -0.1) is 0 Å². The smallest absolute Gasteiger partial charge is 0.240 e. The minimum absolute atomic E-state index is 0.207. The quantitative estimate of drug-likeness (QED) is 0.302. The first kappa shape index (κ1) is 22.9. The molecule has 0 saturated heterocycles. The maximum absolute atomic E-state index is 12.3. The summed E-state index contributed by atoms with van der Waals surface area (Å²) in [5, 5.41) is 10.3. The summed E-state index contributed by atoms with van der Waals surface area (Å²) < 4.78 is 37.3. The molecule has 0 aliphatic rings. The Morgan fingerprint density at radius 1 is 1.24 bits per heavy atom. The van der Waals surface area contributed by atoms with Crippen molar-refractivity contribution in [2.45, 2.75) is 37.8 Å². The lowest BCUT2D eigenvalue weighted by Gasteiger charge is -2.12. The monoisotopic (exact) mass is 423 g/mol. The molecule has 0 bridgehead atoms. The zero-order valence-electron chi connectivity index (χ0n) is 17.2. The van der Waals surface area contributed by atoms with E-state index in [9.17, 15) is 8.42 Å². The Kier molecular flexibility index (Phi) is 8.62. The third kappa shape index (κ3) is 7.15. The molecular weight excluding hydrogens is 394 g/mol. The van der Waals surface area contributed by atoms with Crippen molar-refractivity contribution in [1.29, 1.82) is 0 Å². The highest BCUT2D eigenvalue weighted by Gasteiger charge is 2.14. The maximum Gasteiger partial charge on any atom is 0.240 e. The van der Waals surface area contributed by atoms with Gasteiger partial charge < -0.3 is 19.9 Å². The molecule has 0 radical (unpaired) electrons. The predicted octanol–water partition coefficient (Wildman–Crippen LogP) is 1.59. The average molecular weight is 424 g/mol. The number of methoxy groups -OCH3 is 1. The van der Waals surface area contributed by atoms with Gasteiger partial charge in [0, 0.05) is 33.3 Å². The summed E-state index contributed by atoms with van der Waals surface area (Å²) in [5.74, 6) is 1.59. The molecule has 3 N–H and O–H groups in total. The molecule has 0 spiro atoms. The molecule has 160 valence electrons. The number of ether oxygens (including phenoxy) is 1. The summed E-state index contributed by atoms with van der Waals surface area (Å²) in [7, 11) is -0.390. The van der Waals surface area contributed by atoms with Crippen LogP contribution in [0, 0.1) is 0 Å². The van der Waals surface area contributed by atoms with Gasteiger partial charge in [-0.05, 0) is 23.6 Å². The zero-order valence-corrected chi connectivity index (χ0v) is 18.0. The summed E-state index contributed by atoms with van der Waals surface area (Å²) in [6, 6.07) is 8.65. The molecule has 0 amide bonds. The molecule has 1 aromatic carbocycles. The van der Waals surface area contributed by atoms with Gasteiger partial charge in [-0.2, -0.15) is 0 Å². The number of benzene rings is 1. The van der Waals surface area contributed by atoms with E-state index in [1.165, 1.54) is 7.11 Å². The van der Waals surface area contributed by atoms with Crippen LogP contribution in [0.2, 0.25) is 0 Å². The Balaban J connectivity index is 1.92. The van der Waals surface area contributed by atoms with Crippen LogP contribution in [0.3, 0.4) is 0 Å². The lowest BCUT2D eigenvalue weighted by Crippen LogP contribution is -2.36. The third-order valence-corrected chi connectivity index (χ3v) is 5.55. The van der Waals surface area contributed by atoms with Crippen LogP contribution in [0.4, 0.5) is 0 Å². The molecule has 29 heavy (non-hydrogen) atoms. The lowest BCUT2D eigenvalue weighted by molar-refractivity contribution is 0.204. The van der Waals surface area contributed by atoms with Crippen LogP contribution in [0.5, 0.6) is 0 Å². The van der Waals surface area contributed by atoms with Gasteiger partial charge in [-0.1, -0.05) is 31.1 Å². The molecule has 1 heterocycles. The highest BCUT2D eigenvalue weighted by Crippen LogP contribution is 2.14. The van der Waals surface area contributed by atoms with Gasteiger partial charge in [-0.25, -0.2) is 13.1 Å². The molecule has 2 aromatic rings. The van der Waals surface area contributed by atoms with Gasteiger partial charge in [0.15, 0.2) is 11.7 Å². The fourth-order valence-corrected chi connectivity index (χ4v) is 3.53. The van der Waals surface area contributed by atoms with Gasteiger partial charge in [0.25, 0.3) is 0 Å². The third-order valence-electron chi connectivity index (χ3n) is 4.09. The second-order valence-electron chi connectivity index (χ2n) is 6.69. The number of sulfonamides is 1. The first-order valence-electron chi connectivity index (χ1n) is 9.33. The second kappa shape index (κ2) is 10.9. The largest absolute Gasteiger partial charge is 0.383 e. The van der Waals surface area contributed by atoms with Crippen molar-refractivity contribution in [3.8, 4) is 0 Å². The van der Waals surface area contributed by atoms with E-state index in [0.29, 0.717) is 37.3 Å². The predicted molar refractivity (Wildman–Crippen MR) is 111 cm³/mol. The minimum Gasteiger partial charge on any atom is -0.383 e. The van der Waals surface area contributed by atoms with Crippen LogP contribution in [0.15, 0.2) is 44.7 Å². The molecule has 0 atom stereocenters. The molecule has 1 aromatic heterocycles. The lowest BCUT2D eigenvalue weighted by atomic mass is 10.1. The minimum atomic E-state index is -3.57. The van der Waals surface area contributed by atoms with Gasteiger partial charge in [0.2, 0.25) is 10.0 Å². The highest BCUT2D eigenvalue weighted by molar-refractivity contribution is 7.89. The van der Waals surface area contributed by atoms with Crippen molar-refractivity contribution in [1.82, 2.24) is 20.5 Å². The number of nitrogens with zero attached hydrogens (tertiary/aromatic N) is 2. The molecule has 10 heteroatoms. The Morgan fingerprint density at radius 3 is 2.66 bits per heavy atom. The van der Waals surface area contributed by atoms with Crippen LogP contribution in [0.1, 0.15) is 36.8 Å². The van der Waals surface area contributed by atoms with E-state index in [4.69, 9.17) is 9.26 Å². The molecule has 0 aliphatic carbocycles. The van der Waals surface area contributed by atoms with Gasteiger partial charge in [-0.3, -0.25) is 4.99 Å². The number of rotatable bonds is 10. The Hall–Kier alpha value is -2.43. The number of hydrogen-bond donors (Lipinski definition) is 3. The van der Waals surface area contributed by atoms with E-state index < -0.39 is 10.0 Å². The van der Waals surface area contributed by atoms with E-state index in [1.54, 1.807) is 25.2 Å². The van der Waals surface area contributed by atoms with Crippen molar-refractivity contribution < 1.29 is 17.7 Å². The number of aliphatic imine (C=N–C) groups is 1. The summed E-state index contributed by atoms with van der Waals surface area (Å²) >= 11 is 0. The number of nitrogens with one attached hydrogen (secondary N) is 3. The van der Waals surface area contributed by atoms with Crippen molar-refractivity contribution in [2.75, 3.05) is 27.3 Å². The fourth-order valence-electron chi connectivity index (χ4n) is 2.45. The molecule has 9 nitrogen and oxygen atoms in total. The SMILES string of the molecule is CN=C(NCc1cccc(S(=O)(=O)NCCOC)c1)NCc1cc(C(C)C)no1. The first-order valence-corrected chi connectivity index (χ1v) is 10.8. The Labute approximate surface area is 172 Å². The maximum atomic E-state index is 12.3. The van der Waals surface area contributed by atoms with Crippen LogP contribution in [0.25, 0.3) is 0 Å². The Morgan fingerprint density at radius 2 is 2.00 bits per heavy atom. The standard InChI is InChI=1S/C19H29N5O4S/c1-14(2)18-11-16(28-24-18)13-22-19(20-3)21-12-15-6-5-7-17(10-15)29(25,26)23-8-9-27-4/h5-7,10-11,14,23H,8-9,12-13H2,1-4H3,(H2,20,21,22). The van der Waals surface area contributed by atoms with Crippen molar-refractivity contribution in [3.05, 3.63) is 47.3 Å². The topological polar surface area (TPSA) is 118 Å². The summed E-state index contributed by atoms with van der Waals surface area (Å²) in [6.45, 7) is 5.49. The number of guanidine groups is 1. The van der Waals surface area contributed by atoms with Gasteiger partial charge in [0.1, 0.15) is 0 Å². The van der Waals surface area contributed by atoms with Crippen LogP contribution in [-0.2, 0) is 27.8 Å². The van der Waals surface area contributed by atoms with Crippen molar-refractivity contribution in [3.63, 3.8) is 0 Å². The molecular formula is C19H29N5O4S. The average Bonchev–Trinajstić information content (AvgIpc) is 3.18. The van der Waals surface area contributed by atoms with Gasteiger partial charge in [0.05, 0.1) is 23.7 Å². The highest BCUT2D eigenvalue weighted by atomic mass is 32.2. The van der Waals surface area contributed by atoms with Crippen LogP contribution >= 0.6 is 0 Å². The van der Waals surface area contributed by atoms with E-state index in [1.807, 2.05) is 12.1 Å². The summed E-state index contributed by atoms with van der Waals surface area (Å²) in [5.41, 5.74) is 1.71. The van der Waals surface area contributed by atoms with Gasteiger partial charge >= 0.3 is 0 Å². The van der Waals surface area contributed by atoms with E-state index in [-0.39, 0.29) is 11.4 Å². The molecule has 0 saturated carbocycles. The molecule has 0 aliphatic heterocycles. The van der Waals surface area contributed by atoms with Crippen LogP contribution < -0.4 is 15.4 Å². The molecule has 2 rings (SSSR count). The van der Waals surface area contributed by atoms with Crippen LogP contribution in [-0.4, -0.2) is 46.8 Å². The summed E-state index contributed by atoms with van der Waals surface area (Å²) in [6.07, 6.45) is 0. The summed E-state index contributed by atoms with van der Waals surface area (Å²) in [4.78, 5) is 4.38. The van der Waals surface area contributed by atoms with E-state index in [0.717, 1.165) is 11.3 Å². The molecule has 0 fully saturated rings. The number of hydrogen-bond acceptors (Lipinski definition) is 6. The zero-order chi connectivity index (χ0) is 21.3. The Bertz CT molecular complexity index is 909. The molecule has 0 unspecified atom stereocenters. The fraction of sp³-hybridized carbons (Fsp3) is 0.474. The van der Waals surface area contributed by atoms with Crippen molar-refractivity contribution in [2.24, 2.45) is 4.99 Å². The van der Waals surface area contributed by atoms with E-state index >= 15 is 0 Å². The first-order chi connectivity index (χ1) is 13.9.